The van der Waals surface area contributed by atoms with Gasteiger partial charge in [0, 0.05) is 29.0 Å². The molecule has 0 aliphatic carbocycles. The lowest BCUT2D eigenvalue weighted by atomic mass is 10.1. The SMILES string of the molecule is COC(C)(C)CCn1cc(-c2ccccc2I)cn1. The average Bonchev–Trinajstić information content (AvgIpc) is 2.86. The summed E-state index contributed by atoms with van der Waals surface area (Å²) in [7, 11) is 1.75. The van der Waals surface area contributed by atoms with Gasteiger partial charge in [0.05, 0.1) is 11.8 Å². The van der Waals surface area contributed by atoms with E-state index in [1.807, 2.05) is 10.9 Å². The Morgan fingerprint density at radius 3 is 2.74 bits per heavy atom. The van der Waals surface area contributed by atoms with Gasteiger partial charge in [-0.25, -0.2) is 0 Å². The van der Waals surface area contributed by atoms with Gasteiger partial charge in [0.2, 0.25) is 0 Å². The van der Waals surface area contributed by atoms with Crippen molar-refractivity contribution in [3.05, 3.63) is 40.2 Å². The van der Waals surface area contributed by atoms with E-state index in [-0.39, 0.29) is 5.60 Å². The van der Waals surface area contributed by atoms with Crippen LogP contribution in [0.5, 0.6) is 0 Å². The number of aryl methyl sites for hydroxylation is 1. The summed E-state index contributed by atoms with van der Waals surface area (Å²) in [5, 5.41) is 4.43. The van der Waals surface area contributed by atoms with Crippen LogP contribution in [0.25, 0.3) is 11.1 Å². The van der Waals surface area contributed by atoms with E-state index in [1.54, 1.807) is 7.11 Å². The summed E-state index contributed by atoms with van der Waals surface area (Å²) in [6.45, 7) is 5.05. The molecule has 0 atom stereocenters. The first-order valence-electron chi connectivity index (χ1n) is 6.34. The molecule has 0 aliphatic rings. The van der Waals surface area contributed by atoms with Crippen molar-refractivity contribution < 1.29 is 4.74 Å². The number of hydrogen-bond donors (Lipinski definition) is 0. The molecule has 0 saturated heterocycles. The third kappa shape index (κ3) is 3.79. The highest BCUT2D eigenvalue weighted by Gasteiger charge is 2.16. The smallest absolute Gasteiger partial charge is 0.0640 e. The molecule has 19 heavy (non-hydrogen) atoms. The number of rotatable bonds is 5. The van der Waals surface area contributed by atoms with Crippen molar-refractivity contribution in [2.24, 2.45) is 0 Å². The van der Waals surface area contributed by atoms with Crippen molar-refractivity contribution in [1.29, 1.82) is 0 Å². The zero-order chi connectivity index (χ0) is 13.9. The van der Waals surface area contributed by atoms with Crippen LogP contribution in [0.1, 0.15) is 20.3 Å². The van der Waals surface area contributed by atoms with Gasteiger partial charge < -0.3 is 4.74 Å². The molecule has 2 aromatic rings. The van der Waals surface area contributed by atoms with Gasteiger partial charge >= 0.3 is 0 Å². The highest BCUT2D eigenvalue weighted by molar-refractivity contribution is 14.1. The van der Waals surface area contributed by atoms with Crippen LogP contribution in [-0.4, -0.2) is 22.5 Å². The molecule has 0 saturated carbocycles. The van der Waals surface area contributed by atoms with Gasteiger partial charge in [-0.15, -0.1) is 0 Å². The molecule has 102 valence electrons. The van der Waals surface area contributed by atoms with Crippen molar-refractivity contribution >= 4 is 22.6 Å². The maximum atomic E-state index is 5.43. The van der Waals surface area contributed by atoms with Crippen molar-refractivity contribution in [1.82, 2.24) is 9.78 Å². The van der Waals surface area contributed by atoms with Gasteiger partial charge in [-0.3, -0.25) is 4.68 Å². The molecule has 2 rings (SSSR count). The van der Waals surface area contributed by atoms with Crippen LogP contribution in [0.2, 0.25) is 0 Å². The third-order valence-corrected chi connectivity index (χ3v) is 4.25. The number of methoxy groups -OCH3 is 1. The fourth-order valence-electron chi connectivity index (χ4n) is 1.81. The van der Waals surface area contributed by atoms with Crippen LogP contribution in [-0.2, 0) is 11.3 Å². The van der Waals surface area contributed by atoms with Gasteiger partial charge in [0.15, 0.2) is 0 Å². The topological polar surface area (TPSA) is 27.1 Å². The Labute approximate surface area is 128 Å². The zero-order valence-corrected chi connectivity index (χ0v) is 13.7. The average molecular weight is 370 g/mol. The monoisotopic (exact) mass is 370 g/mol. The minimum Gasteiger partial charge on any atom is -0.379 e. The third-order valence-electron chi connectivity index (χ3n) is 3.31. The van der Waals surface area contributed by atoms with E-state index in [2.05, 4.69) is 72.0 Å². The molecular weight excluding hydrogens is 351 g/mol. The molecule has 0 aliphatic heterocycles. The van der Waals surface area contributed by atoms with Crippen molar-refractivity contribution in [3.8, 4) is 11.1 Å². The Balaban J connectivity index is 2.10. The van der Waals surface area contributed by atoms with Gasteiger partial charge in [-0.2, -0.15) is 5.10 Å². The molecule has 0 unspecified atom stereocenters. The fraction of sp³-hybridized carbons (Fsp3) is 0.400. The van der Waals surface area contributed by atoms with Gasteiger partial charge in [-0.05, 0) is 54.5 Å². The van der Waals surface area contributed by atoms with Crippen LogP contribution in [0.4, 0.5) is 0 Å². The van der Waals surface area contributed by atoms with Gasteiger partial charge in [-0.1, -0.05) is 18.2 Å². The molecule has 1 aromatic heterocycles. The quantitative estimate of drug-likeness (QED) is 0.745. The van der Waals surface area contributed by atoms with E-state index < -0.39 is 0 Å². The molecule has 1 heterocycles. The minimum atomic E-state index is -0.104. The first-order valence-corrected chi connectivity index (χ1v) is 7.42. The van der Waals surface area contributed by atoms with Gasteiger partial charge in [0.1, 0.15) is 0 Å². The standard InChI is InChI=1S/C15H19IN2O/c1-15(2,19-3)8-9-18-11-12(10-17-18)13-6-4-5-7-14(13)16/h4-7,10-11H,8-9H2,1-3H3. The second-order valence-electron chi connectivity index (χ2n) is 5.19. The summed E-state index contributed by atoms with van der Waals surface area (Å²) < 4.78 is 8.66. The second kappa shape index (κ2) is 6.05. The summed E-state index contributed by atoms with van der Waals surface area (Å²) in [5.41, 5.74) is 2.30. The van der Waals surface area contributed by atoms with Crippen LogP contribution < -0.4 is 0 Å². The van der Waals surface area contributed by atoms with E-state index >= 15 is 0 Å². The first kappa shape index (κ1) is 14.5. The summed E-state index contributed by atoms with van der Waals surface area (Å²) >= 11 is 2.36. The van der Waals surface area contributed by atoms with Crippen molar-refractivity contribution in [2.75, 3.05) is 7.11 Å². The molecule has 0 amide bonds. The highest BCUT2D eigenvalue weighted by atomic mass is 127. The molecule has 1 aromatic carbocycles. The molecule has 4 heteroatoms. The molecule has 0 fully saturated rings. The summed E-state index contributed by atoms with van der Waals surface area (Å²) in [6.07, 6.45) is 4.97. The van der Waals surface area contributed by atoms with Crippen LogP contribution in [0.3, 0.4) is 0 Å². The van der Waals surface area contributed by atoms with Crippen LogP contribution in [0, 0.1) is 3.57 Å². The predicted molar refractivity (Wildman–Crippen MR) is 86.1 cm³/mol. The Morgan fingerprint density at radius 2 is 2.05 bits per heavy atom. The zero-order valence-electron chi connectivity index (χ0n) is 11.6. The summed E-state index contributed by atoms with van der Waals surface area (Å²) in [6, 6.07) is 8.35. The maximum absolute atomic E-state index is 5.43. The predicted octanol–water partition coefficient (Wildman–Crippen LogP) is 3.97. The lowest BCUT2D eigenvalue weighted by molar-refractivity contribution is 0.0113. The van der Waals surface area contributed by atoms with Crippen molar-refractivity contribution in [2.45, 2.75) is 32.4 Å². The maximum Gasteiger partial charge on any atom is 0.0640 e. The summed E-state index contributed by atoms with van der Waals surface area (Å²) in [4.78, 5) is 0. The molecule has 0 N–H and O–H groups in total. The number of hydrogen-bond acceptors (Lipinski definition) is 2. The van der Waals surface area contributed by atoms with E-state index in [4.69, 9.17) is 4.74 Å². The number of nitrogens with zero attached hydrogens (tertiary/aromatic N) is 2. The Hall–Kier alpha value is -0.880. The molecule has 0 spiro atoms. The summed E-state index contributed by atoms with van der Waals surface area (Å²) in [5.74, 6) is 0. The van der Waals surface area contributed by atoms with Crippen LogP contribution in [0.15, 0.2) is 36.7 Å². The van der Waals surface area contributed by atoms with Crippen molar-refractivity contribution in [3.63, 3.8) is 0 Å². The van der Waals surface area contributed by atoms with E-state index in [0.717, 1.165) is 13.0 Å². The molecule has 0 radical (unpaired) electrons. The largest absolute Gasteiger partial charge is 0.379 e. The minimum absolute atomic E-state index is 0.104. The van der Waals surface area contributed by atoms with Crippen LogP contribution >= 0.6 is 22.6 Å². The Bertz CT molecular complexity index is 549. The molecule has 0 bridgehead atoms. The normalized spacial score (nSPS) is 11.8. The van der Waals surface area contributed by atoms with E-state index in [9.17, 15) is 0 Å². The number of ether oxygens (including phenoxy) is 1. The first-order chi connectivity index (χ1) is 9.02. The van der Waals surface area contributed by atoms with Gasteiger partial charge in [0.25, 0.3) is 0 Å². The number of halogens is 1. The molecule has 3 nitrogen and oxygen atoms in total. The number of aromatic nitrogens is 2. The second-order valence-corrected chi connectivity index (χ2v) is 6.35. The van der Waals surface area contributed by atoms with E-state index in [1.165, 1.54) is 14.7 Å². The lowest BCUT2D eigenvalue weighted by Gasteiger charge is -2.22. The molecular formula is C15H19IN2O. The highest BCUT2D eigenvalue weighted by Crippen LogP contribution is 2.24. The van der Waals surface area contributed by atoms with E-state index in [0.29, 0.717) is 0 Å². The number of benzene rings is 1. The Morgan fingerprint density at radius 1 is 1.32 bits per heavy atom. The fourth-order valence-corrected chi connectivity index (χ4v) is 2.50. The Kier molecular flexibility index (Phi) is 4.62. The lowest BCUT2D eigenvalue weighted by Crippen LogP contribution is -2.24.